The Labute approximate surface area is 170 Å². The Morgan fingerprint density at radius 2 is 1.73 bits per heavy atom. The molecule has 158 valence electrons. The van der Waals surface area contributed by atoms with E-state index in [9.17, 15) is 31.5 Å². The van der Waals surface area contributed by atoms with E-state index in [1.165, 1.54) is 23.6 Å². The first kappa shape index (κ1) is 21.6. The van der Waals surface area contributed by atoms with Gasteiger partial charge in [0.1, 0.15) is 28.3 Å². The van der Waals surface area contributed by atoms with Gasteiger partial charge in [-0.15, -0.1) is 24.9 Å². The highest BCUT2D eigenvalue weighted by molar-refractivity contribution is 8.03. The van der Waals surface area contributed by atoms with Crippen LogP contribution < -0.4 is 10.1 Å². The zero-order valence-corrected chi connectivity index (χ0v) is 15.6. The molecule has 0 spiro atoms. The quantitative estimate of drug-likeness (QED) is 0.647. The van der Waals surface area contributed by atoms with Crippen molar-refractivity contribution in [2.45, 2.75) is 11.6 Å². The second kappa shape index (κ2) is 8.34. The summed E-state index contributed by atoms with van der Waals surface area (Å²) in [4.78, 5) is 23.4. The van der Waals surface area contributed by atoms with Crippen LogP contribution >= 0.6 is 11.8 Å². The van der Waals surface area contributed by atoms with Gasteiger partial charge in [0.2, 0.25) is 5.91 Å². The predicted octanol–water partition coefficient (Wildman–Crippen LogP) is 4.80. The van der Waals surface area contributed by atoms with Crippen molar-refractivity contribution in [3.05, 3.63) is 59.5 Å². The molecule has 3 rings (SSSR count). The Morgan fingerprint density at radius 3 is 2.33 bits per heavy atom. The minimum Gasteiger partial charge on any atom is -0.480 e. The van der Waals surface area contributed by atoms with E-state index in [0.29, 0.717) is 0 Å². The maximum absolute atomic E-state index is 14.5. The molecule has 0 fully saturated rings. The molecule has 1 aliphatic rings. The molecule has 1 heterocycles. The standard InChI is InChI=1S/C19H12F5NO4S/c20-13-7-10(9-2-1-3-11(6-9)29-19(22,23)24)8-14(21)15(13)25-17(26)12-4-5-30-16(12)18(27)28/h1-8,12,16H,(H,25,26)(H,27,28). The van der Waals surface area contributed by atoms with Crippen molar-refractivity contribution in [3.8, 4) is 16.9 Å². The number of hydrogen-bond donors (Lipinski definition) is 2. The van der Waals surface area contributed by atoms with Crippen LogP contribution in [0.4, 0.5) is 27.6 Å². The van der Waals surface area contributed by atoms with E-state index in [1.807, 2.05) is 5.32 Å². The molecule has 2 aromatic carbocycles. The van der Waals surface area contributed by atoms with Crippen molar-refractivity contribution in [3.63, 3.8) is 0 Å². The number of halogens is 5. The van der Waals surface area contributed by atoms with Gasteiger partial charge in [-0.3, -0.25) is 9.59 Å². The number of carboxylic acid groups (broad SMARTS) is 1. The molecule has 0 aromatic heterocycles. The molecule has 0 bridgehead atoms. The molecular formula is C19H12F5NO4S. The number of hydrogen-bond acceptors (Lipinski definition) is 4. The van der Waals surface area contributed by atoms with Gasteiger partial charge < -0.3 is 15.2 Å². The summed E-state index contributed by atoms with van der Waals surface area (Å²) < 4.78 is 69.8. The van der Waals surface area contributed by atoms with E-state index in [1.54, 1.807) is 0 Å². The summed E-state index contributed by atoms with van der Waals surface area (Å²) in [5.74, 6) is -6.20. The van der Waals surface area contributed by atoms with E-state index in [0.717, 1.165) is 36.0 Å². The van der Waals surface area contributed by atoms with Gasteiger partial charge in [0.15, 0.2) is 0 Å². The fourth-order valence-corrected chi connectivity index (χ4v) is 3.70. The lowest BCUT2D eigenvalue weighted by Crippen LogP contribution is -2.33. The monoisotopic (exact) mass is 445 g/mol. The molecular weight excluding hydrogens is 433 g/mol. The normalized spacial score (nSPS) is 18.3. The molecule has 1 aliphatic heterocycles. The van der Waals surface area contributed by atoms with Gasteiger partial charge >= 0.3 is 12.3 Å². The van der Waals surface area contributed by atoms with Crippen LogP contribution in [0.25, 0.3) is 11.1 Å². The number of carbonyl (C=O) groups is 2. The number of alkyl halides is 3. The number of thioether (sulfide) groups is 1. The van der Waals surface area contributed by atoms with Gasteiger partial charge in [0.05, 0.1) is 5.92 Å². The van der Waals surface area contributed by atoms with Gasteiger partial charge in [0.25, 0.3) is 0 Å². The summed E-state index contributed by atoms with van der Waals surface area (Å²) in [7, 11) is 0. The van der Waals surface area contributed by atoms with Gasteiger partial charge in [-0.05, 0) is 40.8 Å². The fraction of sp³-hybridized carbons (Fsp3) is 0.158. The lowest BCUT2D eigenvalue weighted by atomic mass is 10.0. The minimum absolute atomic E-state index is 0.0495. The van der Waals surface area contributed by atoms with Crippen LogP contribution in [-0.4, -0.2) is 28.6 Å². The van der Waals surface area contributed by atoms with Crippen molar-refractivity contribution >= 4 is 29.3 Å². The summed E-state index contributed by atoms with van der Waals surface area (Å²) in [6.07, 6.45) is -3.61. The second-order valence-electron chi connectivity index (χ2n) is 6.13. The topological polar surface area (TPSA) is 75.6 Å². The molecule has 2 N–H and O–H groups in total. The number of rotatable bonds is 5. The van der Waals surface area contributed by atoms with Gasteiger partial charge in [0, 0.05) is 0 Å². The van der Waals surface area contributed by atoms with Gasteiger partial charge in [-0.25, -0.2) is 8.78 Å². The van der Waals surface area contributed by atoms with Gasteiger partial charge in [-0.1, -0.05) is 18.2 Å². The minimum atomic E-state index is -4.93. The number of benzene rings is 2. The Hall–Kier alpha value is -3.08. The summed E-state index contributed by atoms with van der Waals surface area (Å²) in [6.45, 7) is 0. The average Bonchev–Trinajstić information content (AvgIpc) is 3.13. The molecule has 2 atom stereocenters. The first-order chi connectivity index (χ1) is 14.0. The van der Waals surface area contributed by atoms with Crippen LogP contribution in [0.5, 0.6) is 5.75 Å². The predicted molar refractivity (Wildman–Crippen MR) is 98.8 cm³/mol. The fourth-order valence-electron chi connectivity index (χ4n) is 2.78. The van der Waals surface area contributed by atoms with E-state index >= 15 is 0 Å². The van der Waals surface area contributed by atoms with Crippen LogP contribution in [0, 0.1) is 17.6 Å². The zero-order valence-electron chi connectivity index (χ0n) is 14.7. The third-order valence-corrected chi connectivity index (χ3v) is 5.18. The average molecular weight is 445 g/mol. The Bertz CT molecular complexity index is 1000. The highest BCUT2D eigenvalue weighted by atomic mass is 32.2. The molecule has 5 nitrogen and oxygen atoms in total. The number of anilines is 1. The highest BCUT2D eigenvalue weighted by Gasteiger charge is 2.36. The zero-order chi connectivity index (χ0) is 22.1. The first-order valence-corrected chi connectivity index (χ1v) is 9.20. The lowest BCUT2D eigenvalue weighted by Gasteiger charge is -2.16. The van der Waals surface area contributed by atoms with Crippen LogP contribution in [0.15, 0.2) is 47.9 Å². The van der Waals surface area contributed by atoms with Crippen molar-refractivity contribution in [1.82, 2.24) is 0 Å². The van der Waals surface area contributed by atoms with Gasteiger partial charge in [-0.2, -0.15) is 0 Å². The summed E-state index contributed by atoms with van der Waals surface area (Å²) in [6, 6.07) is 6.20. The van der Waals surface area contributed by atoms with Crippen LogP contribution in [0.2, 0.25) is 0 Å². The third-order valence-electron chi connectivity index (χ3n) is 4.07. The molecule has 0 saturated carbocycles. The summed E-state index contributed by atoms with van der Waals surface area (Å²) in [5.41, 5.74) is -0.829. The Kier molecular flexibility index (Phi) is 6.01. The number of carboxylic acids is 1. The van der Waals surface area contributed by atoms with Crippen molar-refractivity contribution in [2.24, 2.45) is 5.92 Å². The van der Waals surface area contributed by atoms with E-state index < -0.39 is 52.5 Å². The van der Waals surface area contributed by atoms with Crippen LogP contribution in [0.3, 0.4) is 0 Å². The molecule has 30 heavy (non-hydrogen) atoms. The second-order valence-corrected chi connectivity index (χ2v) is 7.18. The molecule has 0 radical (unpaired) electrons. The van der Waals surface area contributed by atoms with Crippen LogP contribution in [-0.2, 0) is 9.59 Å². The smallest absolute Gasteiger partial charge is 0.480 e. The SMILES string of the molecule is O=C(Nc1c(F)cc(-c2cccc(OC(F)(F)F)c2)cc1F)C1C=CSC1C(=O)O. The molecule has 0 saturated heterocycles. The first-order valence-electron chi connectivity index (χ1n) is 8.26. The molecule has 1 amide bonds. The number of ether oxygens (including phenoxy) is 1. The molecule has 0 aliphatic carbocycles. The van der Waals surface area contributed by atoms with E-state index in [4.69, 9.17) is 5.11 Å². The molecule has 11 heteroatoms. The number of aliphatic carboxylic acids is 1. The molecule has 2 unspecified atom stereocenters. The Morgan fingerprint density at radius 1 is 1.07 bits per heavy atom. The maximum atomic E-state index is 14.5. The maximum Gasteiger partial charge on any atom is 0.573 e. The van der Waals surface area contributed by atoms with E-state index in [-0.39, 0.29) is 11.1 Å². The van der Waals surface area contributed by atoms with Crippen molar-refractivity contribution < 1.29 is 41.4 Å². The largest absolute Gasteiger partial charge is 0.573 e. The number of carbonyl (C=O) groups excluding carboxylic acids is 1. The number of amides is 1. The van der Waals surface area contributed by atoms with Crippen molar-refractivity contribution in [2.75, 3.05) is 5.32 Å². The van der Waals surface area contributed by atoms with Crippen molar-refractivity contribution in [1.29, 1.82) is 0 Å². The Balaban J connectivity index is 1.84. The number of nitrogens with one attached hydrogen (secondary N) is 1. The van der Waals surface area contributed by atoms with Crippen LogP contribution in [0.1, 0.15) is 0 Å². The highest BCUT2D eigenvalue weighted by Crippen LogP contribution is 2.34. The summed E-state index contributed by atoms with van der Waals surface area (Å²) >= 11 is 0.890. The lowest BCUT2D eigenvalue weighted by molar-refractivity contribution is -0.274. The third kappa shape index (κ3) is 4.90. The van der Waals surface area contributed by atoms with E-state index in [2.05, 4.69) is 4.74 Å². The summed E-state index contributed by atoms with van der Waals surface area (Å²) in [5, 5.41) is 11.4. The molecule has 2 aromatic rings.